The van der Waals surface area contributed by atoms with E-state index >= 15 is 0 Å². The summed E-state index contributed by atoms with van der Waals surface area (Å²) >= 11 is 0. The number of carboxylic acids is 2. The number of ether oxygens (including phenoxy) is 1. The van der Waals surface area contributed by atoms with Crippen LogP contribution in [0.1, 0.15) is 26.2 Å². The molecule has 1 aliphatic rings. The van der Waals surface area contributed by atoms with E-state index in [1.54, 1.807) is 20.1 Å². The second kappa shape index (κ2) is 5.82. The monoisotopic (exact) mass is 254 g/mol. The quantitative estimate of drug-likeness (QED) is 0.707. The summed E-state index contributed by atoms with van der Waals surface area (Å²) in [7, 11) is 1.55. The van der Waals surface area contributed by atoms with Crippen molar-refractivity contribution < 1.29 is 24.5 Å². The lowest BCUT2D eigenvalue weighted by atomic mass is 9.73. The zero-order valence-corrected chi connectivity index (χ0v) is 10.6. The van der Waals surface area contributed by atoms with E-state index in [4.69, 9.17) is 9.84 Å². The van der Waals surface area contributed by atoms with Crippen LogP contribution >= 0.6 is 0 Å². The highest BCUT2D eigenvalue weighted by atomic mass is 16.5. The highest BCUT2D eigenvalue weighted by Crippen LogP contribution is 2.38. The van der Waals surface area contributed by atoms with Crippen LogP contribution in [0.15, 0.2) is 23.3 Å². The van der Waals surface area contributed by atoms with Gasteiger partial charge in [-0.2, -0.15) is 0 Å². The van der Waals surface area contributed by atoms with Crippen LogP contribution in [0.2, 0.25) is 0 Å². The Morgan fingerprint density at radius 3 is 2.61 bits per heavy atom. The summed E-state index contributed by atoms with van der Waals surface area (Å²) in [5.74, 6) is -2.04. The van der Waals surface area contributed by atoms with Gasteiger partial charge in [0.2, 0.25) is 0 Å². The Bertz CT molecular complexity index is 408. The Morgan fingerprint density at radius 1 is 1.44 bits per heavy atom. The Labute approximate surface area is 106 Å². The molecule has 0 radical (unpaired) electrons. The van der Waals surface area contributed by atoms with Crippen molar-refractivity contribution in [2.45, 2.75) is 26.2 Å². The molecule has 0 aromatic rings. The van der Waals surface area contributed by atoms with E-state index in [1.165, 1.54) is 6.08 Å². The van der Waals surface area contributed by atoms with Crippen molar-refractivity contribution in [3.05, 3.63) is 23.3 Å². The fraction of sp³-hybridized carbons (Fsp3) is 0.538. The van der Waals surface area contributed by atoms with Crippen molar-refractivity contribution in [3.8, 4) is 0 Å². The van der Waals surface area contributed by atoms with Crippen molar-refractivity contribution in [2.75, 3.05) is 13.7 Å². The minimum atomic E-state index is -1.12. The topological polar surface area (TPSA) is 83.8 Å². The Kier molecular flexibility index (Phi) is 4.67. The van der Waals surface area contributed by atoms with E-state index < -0.39 is 17.4 Å². The largest absolute Gasteiger partial charge is 0.481 e. The maximum atomic E-state index is 11.5. The molecule has 0 aliphatic heterocycles. The summed E-state index contributed by atoms with van der Waals surface area (Å²) in [5, 5.41) is 18.4. The number of hydrogen-bond acceptors (Lipinski definition) is 3. The first-order valence-corrected chi connectivity index (χ1v) is 5.77. The summed E-state index contributed by atoms with van der Waals surface area (Å²) in [4.78, 5) is 22.5. The molecule has 0 bridgehead atoms. The van der Waals surface area contributed by atoms with Crippen LogP contribution in [0.25, 0.3) is 0 Å². The first kappa shape index (κ1) is 14.4. The van der Waals surface area contributed by atoms with Crippen LogP contribution in [0.5, 0.6) is 0 Å². The second-order valence-electron chi connectivity index (χ2n) is 4.60. The fourth-order valence-electron chi connectivity index (χ4n) is 2.27. The van der Waals surface area contributed by atoms with Gasteiger partial charge < -0.3 is 14.9 Å². The zero-order chi connectivity index (χ0) is 13.8. The van der Waals surface area contributed by atoms with Gasteiger partial charge in [-0.15, -0.1) is 0 Å². The lowest BCUT2D eigenvalue weighted by Crippen LogP contribution is -2.33. The molecule has 1 aliphatic carbocycles. The molecule has 0 spiro atoms. The van der Waals surface area contributed by atoms with Crippen molar-refractivity contribution in [1.82, 2.24) is 0 Å². The molecule has 0 amide bonds. The SMILES string of the molecule is COCCCC1(C(=O)O)C=C(C)C=C(C(=O)O)C1. The standard InChI is InChI=1S/C13H18O5/c1-9-6-10(11(14)15)8-13(7-9,12(16)17)4-3-5-18-2/h6-7H,3-5,8H2,1-2H3,(H,14,15)(H,16,17). The number of rotatable bonds is 6. The molecule has 0 aromatic carbocycles. The summed E-state index contributed by atoms with van der Waals surface area (Å²) in [6, 6.07) is 0. The Balaban J connectivity index is 2.96. The Morgan fingerprint density at radius 2 is 2.11 bits per heavy atom. The molecule has 5 nitrogen and oxygen atoms in total. The van der Waals surface area contributed by atoms with Crippen LogP contribution < -0.4 is 0 Å². The lowest BCUT2D eigenvalue weighted by molar-refractivity contribution is -0.146. The van der Waals surface area contributed by atoms with E-state index in [9.17, 15) is 14.7 Å². The average Bonchev–Trinajstić information content (AvgIpc) is 2.28. The van der Waals surface area contributed by atoms with Crippen LogP contribution in [0.4, 0.5) is 0 Å². The molecule has 1 rings (SSSR count). The minimum absolute atomic E-state index is 0.0265. The van der Waals surface area contributed by atoms with Gasteiger partial charge in [-0.1, -0.05) is 11.6 Å². The van der Waals surface area contributed by atoms with Crippen molar-refractivity contribution in [2.24, 2.45) is 5.41 Å². The third-order valence-corrected chi connectivity index (χ3v) is 3.08. The molecule has 0 heterocycles. The molecule has 0 saturated heterocycles. The molecule has 0 fully saturated rings. The van der Waals surface area contributed by atoms with Gasteiger partial charge in [-0.3, -0.25) is 4.79 Å². The number of hydrogen-bond donors (Lipinski definition) is 2. The highest BCUT2D eigenvalue weighted by Gasteiger charge is 2.39. The van der Waals surface area contributed by atoms with Crippen LogP contribution in [0, 0.1) is 5.41 Å². The first-order chi connectivity index (χ1) is 8.41. The number of allylic oxidation sites excluding steroid dienone is 2. The van der Waals surface area contributed by atoms with E-state index in [2.05, 4.69) is 0 Å². The summed E-state index contributed by atoms with van der Waals surface area (Å²) in [6.07, 6.45) is 4.16. The number of carbonyl (C=O) groups is 2. The molecular formula is C13H18O5. The van der Waals surface area contributed by atoms with E-state index in [0.717, 1.165) is 0 Å². The molecule has 18 heavy (non-hydrogen) atoms. The lowest BCUT2D eigenvalue weighted by Gasteiger charge is -2.29. The van der Waals surface area contributed by atoms with Crippen LogP contribution in [-0.4, -0.2) is 35.9 Å². The van der Waals surface area contributed by atoms with Gasteiger partial charge in [0.1, 0.15) is 0 Å². The van der Waals surface area contributed by atoms with Gasteiger partial charge in [-0.25, -0.2) is 4.79 Å². The van der Waals surface area contributed by atoms with Crippen molar-refractivity contribution in [1.29, 1.82) is 0 Å². The average molecular weight is 254 g/mol. The summed E-state index contributed by atoms with van der Waals surface area (Å²) in [6.45, 7) is 2.18. The molecule has 5 heteroatoms. The van der Waals surface area contributed by atoms with Gasteiger partial charge in [-0.05, 0) is 32.3 Å². The maximum absolute atomic E-state index is 11.5. The van der Waals surface area contributed by atoms with Gasteiger partial charge in [0.05, 0.1) is 5.41 Å². The van der Waals surface area contributed by atoms with Crippen molar-refractivity contribution >= 4 is 11.9 Å². The van der Waals surface area contributed by atoms with Gasteiger partial charge in [0.15, 0.2) is 0 Å². The predicted octanol–water partition coefficient (Wildman–Crippen LogP) is 1.85. The normalized spacial score (nSPS) is 23.2. The Hall–Kier alpha value is -1.62. The van der Waals surface area contributed by atoms with Gasteiger partial charge in [0.25, 0.3) is 0 Å². The maximum Gasteiger partial charge on any atom is 0.331 e. The highest BCUT2D eigenvalue weighted by molar-refractivity contribution is 5.90. The molecule has 1 unspecified atom stereocenters. The molecule has 1 atom stereocenters. The van der Waals surface area contributed by atoms with Crippen molar-refractivity contribution in [3.63, 3.8) is 0 Å². The minimum Gasteiger partial charge on any atom is -0.481 e. The van der Waals surface area contributed by atoms with Gasteiger partial charge >= 0.3 is 11.9 Å². The summed E-state index contributed by atoms with van der Waals surface area (Å²) < 4.78 is 4.91. The van der Waals surface area contributed by atoms with E-state index in [-0.39, 0.29) is 12.0 Å². The third-order valence-electron chi connectivity index (χ3n) is 3.08. The molecule has 0 saturated carbocycles. The molecule has 2 N–H and O–H groups in total. The molecule has 0 aromatic heterocycles. The summed E-state index contributed by atoms with van der Waals surface area (Å²) in [5.41, 5.74) is -0.293. The third kappa shape index (κ3) is 3.20. The van der Waals surface area contributed by atoms with E-state index in [0.29, 0.717) is 25.0 Å². The molecule has 100 valence electrons. The van der Waals surface area contributed by atoms with Gasteiger partial charge in [0, 0.05) is 19.3 Å². The first-order valence-electron chi connectivity index (χ1n) is 5.77. The zero-order valence-electron chi connectivity index (χ0n) is 10.6. The molecular weight excluding hydrogens is 236 g/mol. The number of carboxylic acid groups (broad SMARTS) is 2. The van der Waals surface area contributed by atoms with Crippen LogP contribution in [0.3, 0.4) is 0 Å². The smallest absolute Gasteiger partial charge is 0.331 e. The van der Waals surface area contributed by atoms with E-state index in [1.807, 2.05) is 0 Å². The van der Waals surface area contributed by atoms with Crippen LogP contribution in [-0.2, 0) is 14.3 Å². The number of methoxy groups -OCH3 is 1. The fourth-order valence-corrected chi connectivity index (χ4v) is 2.27. The predicted molar refractivity (Wildman–Crippen MR) is 65.3 cm³/mol. The second-order valence-corrected chi connectivity index (χ2v) is 4.60. The number of aliphatic carboxylic acids is 2.